The largest absolute Gasteiger partial charge is 0.459 e. The van der Waals surface area contributed by atoms with Gasteiger partial charge < -0.3 is 54.3 Å². The van der Waals surface area contributed by atoms with E-state index >= 15 is 0 Å². The van der Waals surface area contributed by atoms with E-state index in [4.69, 9.17) is 23.7 Å². The molecule has 2 aliphatic rings. The molecule has 43 heavy (non-hydrogen) atoms. The van der Waals surface area contributed by atoms with Gasteiger partial charge in [0.1, 0.15) is 96.4 Å². The summed E-state index contributed by atoms with van der Waals surface area (Å²) in [6, 6.07) is 5.19. The minimum atomic E-state index is -2.05. The van der Waals surface area contributed by atoms with Crippen molar-refractivity contribution in [3.63, 3.8) is 0 Å². The number of ether oxygens (including phenoxy) is 5. The maximum Gasteiger partial charge on any atom is 0.344 e. The molecule has 2 saturated heterocycles. The van der Waals surface area contributed by atoms with Crippen molar-refractivity contribution < 1.29 is 81.5 Å². The van der Waals surface area contributed by atoms with Crippen LogP contribution in [0.3, 0.4) is 0 Å². The third-order valence-corrected chi connectivity index (χ3v) is 6.70. The molecule has 0 spiro atoms. The van der Waals surface area contributed by atoms with E-state index in [1.54, 1.807) is 0 Å². The molecule has 0 aromatic heterocycles. The zero-order valence-electron chi connectivity index (χ0n) is 21.7. The smallest absolute Gasteiger partial charge is 0.344 e. The monoisotopic (exact) mass is 622 g/mol. The van der Waals surface area contributed by atoms with E-state index in [2.05, 4.69) is 0 Å². The number of carbonyl (C=O) groups is 2. The van der Waals surface area contributed by atoms with E-state index in [0.717, 1.165) is 36.4 Å². The van der Waals surface area contributed by atoms with Crippen LogP contribution in [0.1, 0.15) is 20.7 Å². The van der Waals surface area contributed by atoms with E-state index in [1.165, 1.54) is 0 Å². The van der Waals surface area contributed by atoms with Crippen molar-refractivity contribution >= 4 is 11.9 Å². The Kier molecular flexibility index (Phi) is 10.3. The van der Waals surface area contributed by atoms with Gasteiger partial charge in [0.15, 0.2) is 12.6 Å². The van der Waals surface area contributed by atoms with Crippen LogP contribution in [0.15, 0.2) is 36.4 Å². The molecule has 0 aliphatic carbocycles. The van der Waals surface area contributed by atoms with E-state index in [-0.39, 0.29) is 0 Å². The minimum absolute atomic E-state index is 0.795. The Hall–Kier alpha value is -3.26. The quantitative estimate of drug-likeness (QED) is 0.153. The summed E-state index contributed by atoms with van der Waals surface area (Å²) in [5.41, 5.74) is -2.09. The van der Waals surface area contributed by atoms with Crippen molar-refractivity contribution in [2.45, 2.75) is 61.4 Å². The average molecular weight is 622 g/mol. The number of esters is 2. The van der Waals surface area contributed by atoms with Crippen LogP contribution in [0.25, 0.3) is 0 Å². The van der Waals surface area contributed by atoms with Gasteiger partial charge in [-0.05, 0) is 24.3 Å². The molecular weight excluding hydrogens is 596 g/mol. The molecule has 2 aromatic rings. The first-order chi connectivity index (χ1) is 20.3. The van der Waals surface area contributed by atoms with Gasteiger partial charge in [-0.1, -0.05) is 12.1 Å². The highest BCUT2D eigenvalue weighted by atomic mass is 19.1. The molecule has 6 N–H and O–H groups in total. The Labute approximate surface area is 239 Å². The number of aliphatic hydroxyl groups excluding tert-OH is 6. The third-order valence-electron chi connectivity index (χ3n) is 6.70. The summed E-state index contributed by atoms with van der Waals surface area (Å²) in [7, 11) is 0. The van der Waals surface area contributed by atoms with Crippen molar-refractivity contribution in [2.75, 3.05) is 13.2 Å². The molecule has 13 nitrogen and oxygen atoms in total. The fourth-order valence-electron chi connectivity index (χ4n) is 4.31. The summed E-state index contributed by atoms with van der Waals surface area (Å²) in [5, 5.41) is 61.8. The fraction of sp³-hybridized carbons (Fsp3) is 0.462. The van der Waals surface area contributed by atoms with Crippen molar-refractivity contribution in [1.29, 1.82) is 0 Å². The van der Waals surface area contributed by atoms with Gasteiger partial charge in [-0.15, -0.1) is 0 Å². The number of carbonyl (C=O) groups excluding carboxylic acids is 2. The number of aliphatic hydroxyl groups is 6. The van der Waals surface area contributed by atoms with Crippen molar-refractivity contribution in [2.24, 2.45) is 0 Å². The molecule has 0 saturated carbocycles. The van der Waals surface area contributed by atoms with E-state index < -0.39 is 121 Å². The molecule has 0 amide bonds. The third kappa shape index (κ3) is 6.95. The highest BCUT2D eigenvalue weighted by Crippen LogP contribution is 2.29. The summed E-state index contributed by atoms with van der Waals surface area (Å²) < 4.78 is 81.0. The number of benzene rings is 2. The highest BCUT2D eigenvalue weighted by Gasteiger charge is 2.50. The second kappa shape index (κ2) is 13.6. The lowest BCUT2D eigenvalue weighted by atomic mass is 9.98. The zero-order chi connectivity index (χ0) is 31.6. The van der Waals surface area contributed by atoms with Crippen LogP contribution in [0, 0.1) is 23.3 Å². The van der Waals surface area contributed by atoms with Crippen molar-refractivity contribution in [3.05, 3.63) is 70.8 Å². The second-order valence-corrected chi connectivity index (χ2v) is 9.56. The Bertz CT molecular complexity index is 1180. The molecule has 4 rings (SSSR count). The molecular formula is C26H26F4O13. The summed E-state index contributed by atoms with van der Waals surface area (Å²) in [6.45, 7) is -1.84. The summed E-state index contributed by atoms with van der Waals surface area (Å²) in [4.78, 5) is 24.4. The fourth-order valence-corrected chi connectivity index (χ4v) is 4.31. The summed E-state index contributed by atoms with van der Waals surface area (Å²) in [5.74, 6) is -7.93. The van der Waals surface area contributed by atoms with Crippen LogP contribution >= 0.6 is 0 Å². The highest BCUT2D eigenvalue weighted by molar-refractivity contribution is 5.90. The van der Waals surface area contributed by atoms with Gasteiger partial charge in [-0.2, -0.15) is 0 Å². The molecule has 2 aromatic carbocycles. The van der Waals surface area contributed by atoms with Crippen LogP contribution in [0.4, 0.5) is 17.6 Å². The molecule has 1 unspecified atom stereocenters. The zero-order valence-corrected chi connectivity index (χ0v) is 21.7. The van der Waals surface area contributed by atoms with Gasteiger partial charge in [-0.3, -0.25) is 0 Å². The van der Waals surface area contributed by atoms with E-state index in [1.807, 2.05) is 0 Å². The van der Waals surface area contributed by atoms with E-state index in [9.17, 15) is 57.8 Å². The van der Waals surface area contributed by atoms with E-state index in [0.29, 0.717) is 0 Å². The van der Waals surface area contributed by atoms with Crippen LogP contribution in [0.5, 0.6) is 0 Å². The van der Waals surface area contributed by atoms with Crippen molar-refractivity contribution in [3.8, 4) is 0 Å². The Morgan fingerprint density at radius 1 is 0.581 bits per heavy atom. The molecule has 0 bridgehead atoms. The SMILES string of the molecule is O=C(OC[C@H]1O[C@H](OC2O[C@H](COC(=O)c3c(F)cccc3F)[C@@H](O)[C@H](O)[C@H]2O)[C@H](O)[C@@H](O)[C@@H]1O)c1c(F)cccc1F. The second-order valence-electron chi connectivity index (χ2n) is 9.56. The van der Waals surface area contributed by atoms with Gasteiger partial charge in [-0.25, -0.2) is 27.2 Å². The van der Waals surface area contributed by atoms with Gasteiger partial charge >= 0.3 is 11.9 Å². The normalized spacial score (nSPS) is 32.7. The van der Waals surface area contributed by atoms with Crippen LogP contribution in [-0.4, -0.2) is 117 Å². The van der Waals surface area contributed by atoms with Crippen LogP contribution in [0.2, 0.25) is 0 Å². The van der Waals surface area contributed by atoms with Gasteiger partial charge in [0.05, 0.1) is 0 Å². The number of halogens is 4. The first-order valence-corrected chi connectivity index (χ1v) is 12.6. The first-order valence-electron chi connectivity index (χ1n) is 12.6. The lowest BCUT2D eigenvalue weighted by Gasteiger charge is -2.44. The molecule has 2 aliphatic heterocycles. The molecule has 2 heterocycles. The number of rotatable bonds is 8. The number of hydrogen-bond acceptors (Lipinski definition) is 13. The lowest BCUT2D eigenvalue weighted by molar-refractivity contribution is -0.376. The number of hydrogen-bond donors (Lipinski definition) is 6. The predicted molar refractivity (Wildman–Crippen MR) is 128 cm³/mol. The average Bonchev–Trinajstić information content (AvgIpc) is 2.96. The summed E-state index contributed by atoms with van der Waals surface area (Å²) >= 11 is 0. The maximum atomic E-state index is 13.9. The first kappa shape index (κ1) is 32.6. The van der Waals surface area contributed by atoms with Gasteiger partial charge in [0.2, 0.25) is 0 Å². The Balaban J connectivity index is 1.41. The van der Waals surface area contributed by atoms with Gasteiger partial charge in [0.25, 0.3) is 0 Å². The lowest BCUT2D eigenvalue weighted by Crippen LogP contribution is -2.64. The Morgan fingerprint density at radius 3 is 1.23 bits per heavy atom. The minimum Gasteiger partial charge on any atom is -0.459 e. The topological polar surface area (TPSA) is 202 Å². The van der Waals surface area contributed by atoms with Gasteiger partial charge in [0, 0.05) is 0 Å². The molecule has 0 radical (unpaired) electrons. The molecule has 2 fully saturated rings. The molecule has 10 atom stereocenters. The maximum absolute atomic E-state index is 13.9. The summed E-state index contributed by atoms with van der Waals surface area (Å²) in [6.07, 6.45) is -19.3. The van der Waals surface area contributed by atoms with Crippen molar-refractivity contribution in [1.82, 2.24) is 0 Å². The standard InChI is InChI=1S/C26H26F4O13/c27-9-3-1-4-10(28)15(9)23(37)39-7-13-17(31)19(33)21(35)25(41-13)43-26-22(36)20(34)18(32)14(42-26)8-40-24(38)16-11(29)5-2-6-12(16)30/h1-6,13-14,17-22,25-26,31-36H,7-8H2/t13-,14-,17-,18-,19+,20+,21-,22-,25-,26?/m1/s1. The molecule has 236 valence electrons. The Morgan fingerprint density at radius 2 is 0.907 bits per heavy atom. The molecule has 17 heteroatoms. The van der Waals surface area contributed by atoms with Crippen LogP contribution in [-0.2, 0) is 23.7 Å². The van der Waals surface area contributed by atoms with Crippen LogP contribution < -0.4 is 0 Å². The predicted octanol–water partition coefficient (Wildman–Crippen LogP) is -1.11.